The summed E-state index contributed by atoms with van der Waals surface area (Å²) in [5, 5.41) is 10.6. The van der Waals surface area contributed by atoms with E-state index < -0.39 is 11.9 Å². The number of Topliss-reactive ketones (excluding diaryl/α,β-unsaturated/α-hetero) is 1. The molecule has 2 rings (SSSR count). The van der Waals surface area contributed by atoms with Crippen molar-refractivity contribution in [3.63, 3.8) is 0 Å². The number of ketones is 1. The van der Waals surface area contributed by atoms with Crippen molar-refractivity contribution in [2.75, 3.05) is 0 Å². The topological polar surface area (TPSA) is 57.2 Å². The van der Waals surface area contributed by atoms with Gasteiger partial charge in [0.25, 0.3) is 0 Å². The van der Waals surface area contributed by atoms with Gasteiger partial charge in [0.1, 0.15) is 5.78 Å². The molecule has 0 radical (unpaired) electrons. The molecule has 0 aromatic rings. The highest BCUT2D eigenvalue weighted by Gasteiger charge is 2.36. The van der Waals surface area contributed by atoms with Crippen LogP contribution in [0.5, 0.6) is 0 Å². The molecule has 0 unspecified atom stereocenters. The third kappa shape index (κ3) is 1.39. The van der Waals surface area contributed by atoms with Crippen LogP contribution in [0.2, 0.25) is 0 Å². The van der Waals surface area contributed by atoms with Crippen LogP contribution in [0.25, 0.3) is 0 Å². The second-order valence-corrected chi connectivity index (χ2v) is 3.86. The lowest BCUT2D eigenvalue weighted by atomic mass is 9.70. The Morgan fingerprint density at radius 3 is 2.85 bits per heavy atom. The van der Waals surface area contributed by atoms with Crippen molar-refractivity contribution in [3.05, 3.63) is 12.2 Å². The molecule has 3 nitrogen and oxygen atoms in total. The lowest BCUT2D eigenvalue weighted by Gasteiger charge is -2.35. The molecule has 1 fully saturated rings. The Morgan fingerprint density at radius 1 is 1.46 bits per heavy atom. The van der Waals surface area contributed by atoms with Crippen LogP contribution in [0.1, 0.15) is 19.3 Å². The summed E-state index contributed by atoms with van der Waals surface area (Å²) < 4.78 is 0. The minimum absolute atomic E-state index is 0.0633. The fraction of sp³-hybridized carbons (Fsp3) is 0.600. The quantitative estimate of drug-likeness (QED) is 0.528. The van der Waals surface area contributed by atoms with Gasteiger partial charge in [-0.2, -0.15) is 0 Å². The molecular formula is C10H11O3-. The first-order valence-electron chi connectivity index (χ1n) is 4.59. The van der Waals surface area contributed by atoms with Crippen molar-refractivity contribution in [1.29, 1.82) is 0 Å². The summed E-state index contributed by atoms with van der Waals surface area (Å²) in [5.41, 5.74) is 0. The summed E-state index contributed by atoms with van der Waals surface area (Å²) in [4.78, 5) is 22.2. The Labute approximate surface area is 76.4 Å². The Morgan fingerprint density at radius 2 is 2.23 bits per heavy atom. The van der Waals surface area contributed by atoms with Crippen LogP contribution >= 0.6 is 0 Å². The zero-order valence-corrected chi connectivity index (χ0v) is 7.23. The predicted molar refractivity (Wildman–Crippen MR) is 43.5 cm³/mol. The third-order valence-electron chi connectivity index (χ3n) is 3.00. The first kappa shape index (κ1) is 8.48. The summed E-state index contributed by atoms with van der Waals surface area (Å²) >= 11 is 0. The average molecular weight is 179 g/mol. The molecule has 2 aliphatic rings. The average Bonchev–Trinajstić information content (AvgIpc) is 2.02. The van der Waals surface area contributed by atoms with Gasteiger partial charge in [-0.1, -0.05) is 12.2 Å². The maximum Gasteiger partial charge on any atom is 0.143 e. The van der Waals surface area contributed by atoms with E-state index in [9.17, 15) is 14.7 Å². The van der Waals surface area contributed by atoms with Gasteiger partial charge < -0.3 is 9.90 Å². The van der Waals surface area contributed by atoms with Gasteiger partial charge in [-0.3, -0.25) is 4.79 Å². The molecule has 2 aliphatic carbocycles. The van der Waals surface area contributed by atoms with Crippen molar-refractivity contribution < 1.29 is 14.7 Å². The first-order valence-corrected chi connectivity index (χ1v) is 4.59. The number of hydrogen-bond acceptors (Lipinski definition) is 3. The number of rotatable bonds is 1. The molecule has 0 heterocycles. The Balaban J connectivity index is 2.18. The van der Waals surface area contributed by atoms with Gasteiger partial charge in [-0.05, 0) is 19.3 Å². The number of carbonyl (C=O) groups is 2. The number of carboxylic acids is 1. The van der Waals surface area contributed by atoms with Gasteiger partial charge >= 0.3 is 0 Å². The van der Waals surface area contributed by atoms with Crippen LogP contribution in [0.3, 0.4) is 0 Å². The minimum atomic E-state index is -1.00. The summed E-state index contributed by atoms with van der Waals surface area (Å²) in [7, 11) is 0. The van der Waals surface area contributed by atoms with Crippen LogP contribution in [-0.4, -0.2) is 11.8 Å². The van der Waals surface area contributed by atoms with Crippen molar-refractivity contribution in [1.82, 2.24) is 0 Å². The molecule has 2 bridgehead atoms. The van der Waals surface area contributed by atoms with Crippen molar-refractivity contribution in [2.45, 2.75) is 19.3 Å². The van der Waals surface area contributed by atoms with Gasteiger partial charge in [-0.15, -0.1) is 0 Å². The van der Waals surface area contributed by atoms with E-state index in [4.69, 9.17) is 0 Å². The fourth-order valence-corrected chi connectivity index (χ4v) is 2.27. The van der Waals surface area contributed by atoms with Crippen LogP contribution in [-0.2, 0) is 9.59 Å². The molecule has 0 spiro atoms. The SMILES string of the molecule is O=C([O-])[C@@H]1C[C@H]2CC=C[C@@H](C1)C2=O. The maximum absolute atomic E-state index is 11.5. The zero-order valence-electron chi connectivity index (χ0n) is 7.23. The summed E-state index contributed by atoms with van der Waals surface area (Å²) in [5.74, 6) is -1.42. The second-order valence-electron chi connectivity index (χ2n) is 3.86. The lowest BCUT2D eigenvalue weighted by Crippen LogP contribution is -2.41. The van der Waals surface area contributed by atoms with Crippen molar-refractivity contribution in [2.24, 2.45) is 17.8 Å². The van der Waals surface area contributed by atoms with Crippen molar-refractivity contribution in [3.8, 4) is 0 Å². The molecule has 13 heavy (non-hydrogen) atoms. The molecule has 3 heteroatoms. The van der Waals surface area contributed by atoms with Crippen LogP contribution in [0.15, 0.2) is 12.2 Å². The number of hydrogen-bond donors (Lipinski definition) is 0. The molecule has 0 amide bonds. The predicted octanol–water partition coefficient (Wildman–Crippen LogP) is -0.0923. The summed E-state index contributed by atoms with van der Waals surface area (Å²) in [6.45, 7) is 0. The number of fused-ring (bicyclic) bond motifs is 2. The van der Waals surface area contributed by atoms with Gasteiger partial charge in [-0.25, -0.2) is 0 Å². The molecule has 0 saturated heterocycles. The minimum Gasteiger partial charge on any atom is -0.550 e. The van der Waals surface area contributed by atoms with E-state index in [0.29, 0.717) is 19.3 Å². The van der Waals surface area contributed by atoms with Crippen molar-refractivity contribution >= 4 is 11.8 Å². The summed E-state index contributed by atoms with van der Waals surface area (Å²) in [6.07, 6.45) is 5.45. The molecule has 3 atom stereocenters. The normalized spacial score (nSPS) is 37.5. The zero-order chi connectivity index (χ0) is 9.42. The first-order chi connectivity index (χ1) is 6.18. The Bertz CT molecular complexity index is 280. The van der Waals surface area contributed by atoms with E-state index >= 15 is 0 Å². The van der Waals surface area contributed by atoms with E-state index in [1.807, 2.05) is 12.2 Å². The molecule has 0 aromatic carbocycles. The van der Waals surface area contributed by atoms with Gasteiger partial charge in [0.15, 0.2) is 0 Å². The number of carboxylic acid groups (broad SMARTS) is 1. The van der Waals surface area contributed by atoms with Gasteiger partial charge in [0.05, 0.1) is 0 Å². The molecular weight excluding hydrogens is 168 g/mol. The van der Waals surface area contributed by atoms with Crippen LogP contribution in [0, 0.1) is 17.8 Å². The third-order valence-corrected chi connectivity index (χ3v) is 3.00. The standard InChI is InChI=1S/C10H12O3/c11-9-6-2-1-3-7(9)5-8(4-6)10(12)13/h1-2,6-8H,3-5H2,(H,12,13)/p-1/t6-,7+,8-/m0/s1. The largest absolute Gasteiger partial charge is 0.550 e. The smallest absolute Gasteiger partial charge is 0.143 e. The second kappa shape index (κ2) is 2.98. The molecule has 0 aromatic heterocycles. The Hall–Kier alpha value is -1.12. The summed E-state index contributed by atoms with van der Waals surface area (Å²) in [6, 6.07) is 0. The highest BCUT2D eigenvalue weighted by Crippen LogP contribution is 2.36. The fourth-order valence-electron chi connectivity index (χ4n) is 2.27. The number of allylic oxidation sites excluding steroid dienone is 2. The lowest BCUT2D eigenvalue weighted by molar-refractivity contribution is -0.312. The van der Waals surface area contributed by atoms with Crippen LogP contribution in [0.4, 0.5) is 0 Å². The molecule has 0 aliphatic heterocycles. The number of carbonyl (C=O) groups excluding carboxylic acids is 2. The molecule has 1 saturated carbocycles. The highest BCUT2D eigenvalue weighted by molar-refractivity contribution is 5.88. The van der Waals surface area contributed by atoms with E-state index in [2.05, 4.69) is 0 Å². The van der Waals surface area contributed by atoms with E-state index in [1.54, 1.807) is 0 Å². The van der Waals surface area contributed by atoms with Gasteiger partial charge in [0, 0.05) is 23.7 Å². The molecule has 70 valence electrons. The van der Waals surface area contributed by atoms with Gasteiger partial charge in [0.2, 0.25) is 0 Å². The van der Waals surface area contributed by atoms with E-state index in [-0.39, 0.29) is 17.6 Å². The number of aliphatic carboxylic acids is 1. The molecule has 0 N–H and O–H groups in total. The van der Waals surface area contributed by atoms with E-state index in [0.717, 1.165) is 0 Å². The monoisotopic (exact) mass is 179 g/mol. The van der Waals surface area contributed by atoms with E-state index in [1.165, 1.54) is 0 Å². The Kier molecular flexibility index (Phi) is 1.94. The maximum atomic E-state index is 11.5. The van der Waals surface area contributed by atoms with Crippen LogP contribution < -0.4 is 5.11 Å². The highest BCUT2D eigenvalue weighted by atomic mass is 16.4.